The number of aromatic nitrogens is 4. The van der Waals surface area contributed by atoms with Gasteiger partial charge in [0.1, 0.15) is 23.7 Å². The Morgan fingerprint density at radius 1 is 0.708 bits per heavy atom. The highest BCUT2D eigenvalue weighted by Crippen LogP contribution is 2.38. The highest BCUT2D eigenvalue weighted by molar-refractivity contribution is 5.91. The quantitative estimate of drug-likeness (QED) is 0.0937. The van der Waals surface area contributed by atoms with Crippen LogP contribution in [-0.4, -0.2) is 100 Å². The number of nitrogens with zero attached hydrogens (tertiary/aromatic N) is 4. The molecule has 0 bridgehead atoms. The summed E-state index contributed by atoms with van der Waals surface area (Å²) in [6.07, 6.45) is 5.83. The van der Waals surface area contributed by atoms with Crippen molar-refractivity contribution in [1.29, 1.82) is 0 Å². The number of methoxy groups -OCH3 is 2. The first kappa shape index (κ1) is 43.0. The number of rotatable bonds is 11. The third kappa shape index (κ3) is 9.09. The number of nitrogens with one attached hydrogen (secondary N) is 4. The number of carbonyl (C=O) groups is 4. The summed E-state index contributed by atoms with van der Waals surface area (Å²) in [5.41, 5.74) is 7.29. The molecule has 6 aromatic rings. The zero-order chi connectivity index (χ0) is 45.0. The van der Waals surface area contributed by atoms with E-state index in [2.05, 4.69) is 87.8 Å². The molecule has 3 aliphatic heterocycles. The second-order valence-electron chi connectivity index (χ2n) is 16.9. The van der Waals surface area contributed by atoms with Gasteiger partial charge in [-0.15, -0.1) is 0 Å². The van der Waals surface area contributed by atoms with Gasteiger partial charge in [-0.05, 0) is 83.2 Å². The molecule has 65 heavy (non-hydrogen) atoms. The Morgan fingerprint density at radius 3 is 2.00 bits per heavy atom. The van der Waals surface area contributed by atoms with Gasteiger partial charge in [-0.1, -0.05) is 91.0 Å². The maximum Gasteiger partial charge on any atom is 0.407 e. The lowest BCUT2D eigenvalue weighted by atomic mass is 9.90. The van der Waals surface area contributed by atoms with E-state index >= 15 is 0 Å². The van der Waals surface area contributed by atoms with E-state index in [-0.39, 0.29) is 29.8 Å². The number of imidazole rings is 2. The molecule has 0 aliphatic carbocycles. The smallest absolute Gasteiger partial charge is 0.407 e. The summed E-state index contributed by atoms with van der Waals surface area (Å²) in [6.45, 7) is 6.22. The Kier molecular flexibility index (Phi) is 12.5. The number of hydrogen-bond acceptors (Lipinski definition) is 9. The number of alkyl carbamates (subject to hydrolysis) is 2. The molecule has 9 rings (SSSR count). The van der Waals surface area contributed by atoms with Crippen LogP contribution in [0.25, 0.3) is 44.4 Å². The molecule has 15 heteroatoms. The van der Waals surface area contributed by atoms with Crippen LogP contribution in [0, 0.1) is 5.92 Å². The average molecular weight is 877 g/mol. The number of ether oxygens (including phenoxy) is 3. The summed E-state index contributed by atoms with van der Waals surface area (Å²) in [4.78, 5) is 72.7. The maximum atomic E-state index is 14.0. The number of aromatic amines is 2. The van der Waals surface area contributed by atoms with Crippen LogP contribution in [0.15, 0.2) is 116 Å². The largest absolute Gasteiger partial charge is 0.453 e. The van der Waals surface area contributed by atoms with Crippen molar-refractivity contribution in [2.45, 2.75) is 56.3 Å². The van der Waals surface area contributed by atoms with Crippen molar-refractivity contribution in [3.63, 3.8) is 0 Å². The molecule has 2 aromatic heterocycles. The van der Waals surface area contributed by atoms with Crippen LogP contribution in [0.5, 0.6) is 0 Å². The second-order valence-corrected chi connectivity index (χ2v) is 16.9. The first-order valence-electron chi connectivity index (χ1n) is 22.0. The molecule has 3 saturated heterocycles. The van der Waals surface area contributed by atoms with Crippen molar-refractivity contribution >= 4 is 34.8 Å². The van der Waals surface area contributed by atoms with E-state index in [1.54, 1.807) is 23.2 Å². The van der Waals surface area contributed by atoms with Gasteiger partial charge in [0, 0.05) is 31.9 Å². The van der Waals surface area contributed by atoms with Gasteiger partial charge >= 0.3 is 12.2 Å². The van der Waals surface area contributed by atoms with E-state index in [9.17, 15) is 19.2 Å². The minimum atomic E-state index is -0.935. The molecule has 0 spiro atoms. The molecule has 5 heterocycles. The first-order valence-corrected chi connectivity index (χ1v) is 22.0. The van der Waals surface area contributed by atoms with Crippen molar-refractivity contribution in [3.05, 3.63) is 133 Å². The summed E-state index contributed by atoms with van der Waals surface area (Å²) in [6, 6.07) is 27.9. The Labute approximate surface area is 376 Å². The van der Waals surface area contributed by atoms with Crippen molar-refractivity contribution in [1.82, 2.24) is 40.4 Å². The van der Waals surface area contributed by atoms with E-state index in [0.29, 0.717) is 57.0 Å². The molecule has 4 N–H and O–H groups in total. The van der Waals surface area contributed by atoms with Crippen LogP contribution >= 0.6 is 0 Å². The van der Waals surface area contributed by atoms with E-state index in [4.69, 9.17) is 24.2 Å². The molecule has 15 nitrogen and oxygen atoms in total. The Hall–Kier alpha value is -7.26. The topological polar surface area (TPSA) is 184 Å². The van der Waals surface area contributed by atoms with Gasteiger partial charge in [-0.25, -0.2) is 19.6 Å². The standard InChI is InChI=1S/C50H52N8O7/c1-30-24-42(58(29-30)48(60)43(55-49(61)63-2)33-8-5-4-6-9-33)46-52-27-39(53-46)32-13-11-31(12-14-32)35-15-16-37-26-38(18-17-36(37)25-35)40-28-51-45(54-40)41-10-7-21-57(41)47(59)44(56-50(62)64-3)34-19-22-65-23-20-34/h4-6,8-9,11-18,25-28,34,41-44H,1,7,10,19-24,29H2,2-3H3,(H,51,54)(H,52,53)(H,55,61)(H,56,62)/t41-,42-,43+,44?/m0/s1. The third-order valence-electron chi connectivity index (χ3n) is 12.9. The summed E-state index contributed by atoms with van der Waals surface area (Å²) >= 11 is 0. The predicted molar refractivity (Wildman–Crippen MR) is 244 cm³/mol. The van der Waals surface area contributed by atoms with Gasteiger partial charge in [-0.2, -0.15) is 0 Å². The monoisotopic (exact) mass is 876 g/mol. The van der Waals surface area contributed by atoms with E-state index in [1.165, 1.54) is 14.2 Å². The maximum absolute atomic E-state index is 14.0. The van der Waals surface area contributed by atoms with Crippen molar-refractivity contribution in [3.8, 4) is 33.6 Å². The van der Waals surface area contributed by atoms with E-state index in [1.807, 2.05) is 29.3 Å². The van der Waals surface area contributed by atoms with Crippen LogP contribution in [0.1, 0.15) is 67.4 Å². The summed E-state index contributed by atoms with van der Waals surface area (Å²) < 4.78 is 15.3. The van der Waals surface area contributed by atoms with E-state index < -0.39 is 24.3 Å². The van der Waals surface area contributed by atoms with Gasteiger partial charge in [0.05, 0.1) is 50.1 Å². The van der Waals surface area contributed by atoms with Gasteiger partial charge in [0.2, 0.25) is 5.91 Å². The average Bonchev–Trinajstić information content (AvgIpc) is 4.20. The van der Waals surface area contributed by atoms with Gasteiger partial charge in [-0.3, -0.25) is 9.59 Å². The predicted octanol–water partition coefficient (Wildman–Crippen LogP) is 8.03. The van der Waals surface area contributed by atoms with Crippen molar-refractivity contribution in [2.24, 2.45) is 5.92 Å². The summed E-state index contributed by atoms with van der Waals surface area (Å²) in [7, 11) is 2.58. The molecular formula is C50H52N8O7. The number of carbonyl (C=O) groups excluding carboxylic acids is 4. The number of amides is 4. The third-order valence-corrected chi connectivity index (χ3v) is 12.9. The number of hydrogen-bond donors (Lipinski definition) is 4. The zero-order valence-electron chi connectivity index (χ0n) is 36.4. The molecule has 0 radical (unpaired) electrons. The fraction of sp³-hybridized carbons (Fsp3) is 0.320. The van der Waals surface area contributed by atoms with Crippen LogP contribution in [0.3, 0.4) is 0 Å². The van der Waals surface area contributed by atoms with Crippen molar-refractivity contribution < 1.29 is 33.4 Å². The number of H-pyrrole nitrogens is 2. The molecule has 4 atom stereocenters. The number of benzene rings is 4. The highest BCUT2D eigenvalue weighted by Gasteiger charge is 2.41. The van der Waals surface area contributed by atoms with Crippen LogP contribution in [0.2, 0.25) is 0 Å². The lowest BCUT2D eigenvalue weighted by Gasteiger charge is -2.34. The molecule has 4 amide bonds. The first-order chi connectivity index (χ1) is 31.7. The SMILES string of the molecule is C=C1C[C@@H](c2ncc(-c3ccc(-c4ccc5cc(-c6cnc([C@@H]7CCCN7C(=O)C(NC(=O)OC)C7CCOCC7)[nH]6)ccc5c4)cc3)[nH]2)N(C(=O)[C@H](NC(=O)OC)c2ccccc2)C1. The van der Waals surface area contributed by atoms with Gasteiger partial charge in [0.25, 0.3) is 5.91 Å². The summed E-state index contributed by atoms with van der Waals surface area (Å²) in [5.74, 6) is 0.939. The van der Waals surface area contributed by atoms with Crippen LogP contribution in [0.4, 0.5) is 9.59 Å². The molecule has 3 aliphatic rings. The molecule has 334 valence electrons. The fourth-order valence-corrected chi connectivity index (χ4v) is 9.40. The second kappa shape index (κ2) is 18.8. The van der Waals surface area contributed by atoms with Crippen LogP contribution < -0.4 is 10.6 Å². The van der Waals surface area contributed by atoms with Gasteiger partial charge in [0.15, 0.2) is 0 Å². The molecule has 3 fully saturated rings. The lowest BCUT2D eigenvalue weighted by Crippen LogP contribution is -2.53. The fourth-order valence-electron chi connectivity index (χ4n) is 9.40. The molecule has 0 saturated carbocycles. The Balaban J connectivity index is 0.876. The Bertz CT molecular complexity index is 2710. The van der Waals surface area contributed by atoms with E-state index in [0.717, 1.165) is 68.7 Å². The van der Waals surface area contributed by atoms with Crippen LogP contribution in [-0.2, 0) is 23.8 Å². The van der Waals surface area contributed by atoms with Gasteiger partial charge < -0.3 is 44.6 Å². The highest BCUT2D eigenvalue weighted by atomic mass is 16.5. The molecule has 4 aromatic carbocycles. The zero-order valence-corrected chi connectivity index (χ0v) is 36.4. The minimum absolute atomic E-state index is 0.0334. The number of likely N-dealkylation sites (tertiary alicyclic amines) is 2. The van der Waals surface area contributed by atoms with Crippen molar-refractivity contribution in [2.75, 3.05) is 40.5 Å². The lowest BCUT2D eigenvalue weighted by molar-refractivity contribution is -0.137. The summed E-state index contributed by atoms with van der Waals surface area (Å²) in [5, 5.41) is 7.69. The number of fused-ring (bicyclic) bond motifs is 1. The Morgan fingerprint density at radius 2 is 1.31 bits per heavy atom. The minimum Gasteiger partial charge on any atom is -0.453 e. The molecular weight excluding hydrogens is 825 g/mol. The normalized spacial score (nSPS) is 18.6. The molecule has 1 unspecified atom stereocenters.